The average Bonchev–Trinajstić information content (AvgIpc) is 3.58. The van der Waals surface area contributed by atoms with Gasteiger partial charge in [-0.2, -0.15) is 0 Å². The molecule has 11 aromatic rings. The molecule has 0 fully saturated rings. The first-order chi connectivity index (χ1) is 25.8. The van der Waals surface area contributed by atoms with Gasteiger partial charge in [-0.1, -0.05) is 145 Å². The number of thiophene rings is 1. The third-order valence-corrected chi connectivity index (χ3v) is 13.4. The number of fused-ring (bicyclic) bond motifs is 12. The van der Waals surface area contributed by atoms with Crippen molar-refractivity contribution in [1.29, 1.82) is 0 Å². The van der Waals surface area contributed by atoms with Crippen molar-refractivity contribution in [2.75, 3.05) is 0 Å². The maximum atomic E-state index is 2.47. The lowest BCUT2D eigenvalue weighted by molar-refractivity contribution is 1.40. The molecule has 0 saturated carbocycles. The average molecular weight is 693 g/mol. The Bertz CT molecular complexity index is 3330. The Morgan fingerprint density at radius 3 is 1.56 bits per heavy atom. The van der Waals surface area contributed by atoms with Gasteiger partial charge in [0.2, 0.25) is 0 Å². The van der Waals surface area contributed by atoms with E-state index in [1.807, 2.05) is 23.1 Å². The summed E-state index contributed by atoms with van der Waals surface area (Å²) >= 11 is 3.84. The smallest absolute Gasteiger partial charge is 0.0368 e. The summed E-state index contributed by atoms with van der Waals surface area (Å²) in [5.74, 6) is 0. The highest BCUT2D eigenvalue weighted by Gasteiger charge is 2.23. The lowest BCUT2D eigenvalue weighted by Gasteiger charge is -2.22. The Morgan fingerprint density at radius 1 is 0.288 bits per heavy atom. The predicted octanol–water partition coefficient (Wildman–Crippen LogP) is 15.3. The van der Waals surface area contributed by atoms with Crippen LogP contribution < -0.4 is 0 Å². The van der Waals surface area contributed by atoms with E-state index in [0.29, 0.717) is 0 Å². The fraction of sp³-hybridized carbons (Fsp3) is 0. The van der Waals surface area contributed by atoms with Gasteiger partial charge in [-0.05, 0) is 118 Å². The first-order valence-corrected chi connectivity index (χ1v) is 19.5. The topological polar surface area (TPSA) is 0 Å². The van der Waals surface area contributed by atoms with Crippen LogP contribution in [-0.2, 0) is 0 Å². The van der Waals surface area contributed by atoms with Gasteiger partial charge in [0.1, 0.15) is 0 Å². The van der Waals surface area contributed by atoms with Gasteiger partial charge in [0.25, 0.3) is 0 Å². The van der Waals surface area contributed by atoms with Crippen LogP contribution in [0.2, 0.25) is 0 Å². The summed E-state index contributed by atoms with van der Waals surface area (Å²) in [6.45, 7) is 0. The zero-order valence-electron chi connectivity index (χ0n) is 28.0. The van der Waals surface area contributed by atoms with Crippen LogP contribution >= 0.6 is 23.1 Å². The Morgan fingerprint density at radius 2 is 0.865 bits per heavy atom. The molecule has 0 N–H and O–H groups in total. The van der Waals surface area contributed by atoms with Crippen molar-refractivity contribution >= 4 is 97.1 Å². The molecular weight excluding hydrogens is 665 g/mol. The molecule has 1 aliphatic rings. The lowest BCUT2D eigenvalue weighted by atomic mass is 9.90. The third-order valence-electron chi connectivity index (χ3n) is 11.2. The van der Waals surface area contributed by atoms with Crippen LogP contribution in [-0.4, -0.2) is 0 Å². The second kappa shape index (κ2) is 10.8. The van der Waals surface area contributed by atoms with Crippen LogP contribution in [0.15, 0.2) is 180 Å². The van der Waals surface area contributed by atoms with Crippen LogP contribution in [0.1, 0.15) is 0 Å². The molecule has 0 saturated heterocycles. The fourth-order valence-electron chi connectivity index (χ4n) is 8.88. The number of hydrogen-bond acceptors (Lipinski definition) is 2. The second-order valence-corrected chi connectivity index (χ2v) is 16.2. The quantitative estimate of drug-likeness (QED) is 0.163. The summed E-state index contributed by atoms with van der Waals surface area (Å²) in [4.78, 5) is 2.65. The summed E-state index contributed by atoms with van der Waals surface area (Å²) in [5.41, 5.74) is 7.78. The van der Waals surface area contributed by atoms with Gasteiger partial charge in [-0.15, -0.1) is 11.3 Å². The molecule has 0 radical (unpaired) electrons. The van der Waals surface area contributed by atoms with Crippen molar-refractivity contribution in [3.8, 4) is 33.4 Å². The number of rotatable bonds is 2. The Balaban J connectivity index is 1.05. The lowest BCUT2D eigenvalue weighted by Crippen LogP contribution is -1.94. The van der Waals surface area contributed by atoms with Gasteiger partial charge in [0, 0.05) is 35.3 Å². The molecule has 0 amide bonds. The van der Waals surface area contributed by atoms with Gasteiger partial charge in [-0.3, -0.25) is 0 Å². The van der Waals surface area contributed by atoms with Crippen LogP contribution in [0.5, 0.6) is 0 Å². The molecule has 0 spiro atoms. The summed E-state index contributed by atoms with van der Waals surface area (Å²) < 4.78 is 2.68. The van der Waals surface area contributed by atoms with Gasteiger partial charge < -0.3 is 0 Å². The molecule has 0 atom stereocenters. The van der Waals surface area contributed by atoms with E-state index in [1.165, 1.54) is 117 Å². The summed E-state index contributed by atoms with van der Waals surface area (Å²) in [6.07, 6.45) is 0. The first kappa shape index (κ1) is 28.7. The molecule has 0 bridgehead atoms. The van der Waals surface area contributed by atoms with E-state index in [1.54, 1.807) is 0 Å². The SMILES string of the molecule is c1ccc2c(c1)cc(-c1ccc3c(c1)Sc1cccc4c1c-3cc1sc3cc(-c5cc6ccccc6c6ccccc56)ccc3c14)c1ccccc12. The molecule has 0 aliphatic carbocycles. The maximum absolute atomic E-state index is 2.47. The van der Waals surface area contributed by atoms with E-state index in [-0.39, 0.29) is 0 Å². The minimum Gasteiger partial charge on any atom is -0.135 e. The fourth-order valence-corrected chi connectivity index (χ4v) is 11.3. The highest BCUT2D eigenvalue weighted by molar-refractivity contribution is 7.99. The zero-order valence-corrected chi connectivity index (χ0v) is 29.6. The standard InChI is InChI=1S/C50H28S2/c1-3-12-33-29(10-1)24-42(37-16-7-5-14-35(33)37)31-20-22-39-44-28-48-49(41-18-9-19-45(50(41)44)51-46(39)26-31)40-23-21-32(27-47(40)52-48)43-25-30-11-2-4-13-34(30)36-15-6-8-17-38(36)43/h1-28H. The van der Waals surface area contributed by atoms with E-state index in [2.05, 4.69) is 170 Å². The van der Waals surface area contributed by atoms with Crippen molar-refractivity contribution in [1.82, 2.24) is 0 Å². The highest BCUT2D eigenvalue weighted by Crippen LogP contribution is 2.53. The van der Waals surface area contributed by atoms with E-state index in [4.69, 9.17) is 0 Å². The normalized spacial score (nSPS) is 12.5. The molecular formula is C50H28S2. The molecule has 12 rings (SSSR count). The van der Waals surface area contributed by atoms with Crippen LogP contribution in [0.4, 0.5) is 0 Å². The highest BCUT2D eigenvalue weighted by atomic mass is 32.2. The predicted molar refractivity (Wildman–Crippen MR) is 227 cm³/mol. The van der Waals surface area contributed by atoms with Crippen molar-refractivity contribution in [2.24, 2.45) is 0 Å². The van der Waals surface area contributed by atoms with E-state index < -0.39 is 0 Å². The Kier molecular flexibility index (Phi) is 5.96. The molecule has 10 aromatic carbocycles. The van der Waals surface area contributed by atoms with Crippen LogP contribution in [0.3, 0.4) is 0 Å². The first-order valence-electron chi connectivity index (χ1n) is 17.8. The number of benzene rings is 10. The summed E-state index contributed by atoms with van der Waals surface area (Å²) in [5, 5.41) is 15.8. The zero-order chi connectivity index (χ0) is 33.9. The van der Waals surface area contributed by atoms with Gasteiger partial charge in [0.15, 0.2) is 0 Å². The second-order valence-electron chi connectivity index (χ2n) is 14.0. The van der Waals surface area contributed by atoms with Crippen molar-refractivity contribution in [3.63, 3.8) is 0 Å². The Hall–Kier alpha value is -5.93. The molecule has 52 heavy (non-hydrogen) atoms. The van der Waals surface area contributed by atoms with E-state index in [9.17, 15) is 0 Å². The minimum atomic E-state index is 1.26. The van der Waals surface area contributed by atoms with E-state index in [0.717, 1.165) is 0 Å². The van der Waals surface area contributed by atoms with Crippen molar-refractivity contribution < 1.29 is 0 Å². The third kappa shape index (κ3) is 4.05. The molecule has 1 aliphatic heterocycles. The molecule has 2 heteroatoms. The summed E-state index contributed by atoms with van der Waals surface area (Å²) in [7, 11) is 0. The van der Waals surface area contributed by atoms with Gasteiger partial charge >= 0.3 is 0 Å². The largest absolute Gasteiger partial charge is 0.135 e. The Labute approximate surface area is 308 Å². The van der Waals surface area contributed by atoms with Crippen LogP contribution in [0, 0.1) is 0 Å². The monoisotopic (exact) mass is 692 g/mol. The molecule has 0 nitrogen and oxygen atoms in total. The molecule has 2 heterocycles. The number of hydrogen-bond donors (Lipinski definition) is 0. The van der Waals surface area contributed by atoms with Gasteiger partial charge in [0.05, 0.1) is 0 Å². The molecule has 0 unspecified atom stereocenters. The van der Waals surface area contributed by atoms with Crippen molar-refractivity contribution in [3.05, 3.63) is 170 Å². The van der Waals surface area contributed by atoms with E-state index >= 15 is 0 Å². The maximum Gasteiger partial charge on any atom is 0.0368 e. The molecule has 240 valence electrons. The minimum absolute atomic E-state index is 1.26. The van der Waals surface area contributed by atoms with Crippen molar-refractivity contribution in [2.45, 2.75) is 9.79 Å². The van der Waals surface area contributed by atoms with Crippen LogP contribution in [0.25, 0.3) is 107 Å². The van der Waals surface area contributed by atoms with Gasteiger partial charge in [-0.25, -0.2) is 0 Å². The summed E-state index contributed by atoms with van der Waals surface area (Å²) in [6, 6.07) is 63.6. The molecule has 1 aromatic heterocycles.